The van der Waals surface area contributed by atoms with Gasteiger partial charge < -0.3 is 0 Å². The maximum Gasteiger partial charge on any atom is 0.238 e. The molecule has 1 heterocycles. The quantitative estimate of drug-likeness (QED) is 0.438. The molecule has 146 valence electrons. The molecule has 3 aromatic carbocycles. The van der Waals surface area contributed by atoms with Crippen LogP contribution in [0.5, 0.6) is 0 Å². The normalized spacial score (nSPS) is 11.6. The Morgan fingerprint density at radius 1 is 0.897 bits per heavy atom. The molecule has 0 aliphatic heterocycles. The monoisotopic (exact) mass is 440 g/mol. The summed E-state index contributed by atoms with van der Waals surface area (Å²) in [7, 11) is -3.75. The van der Waals surface area contributed by atoms with Crippen LogP contribution in [0.3, 0.4) is 0 Å². The molecule has 7 heteroatoms. The third-order valence-corrected chi connectivity index (χ3v) is 6.90. The molecule has 0 amide bonds. The van der Waals surface area contributed by atoms with Crippen LogP contribution in [0, 0.1) is 6.92 Å². The van der Waals surface area contributed by atoms with E-state index in [4.69, 9.17) is 21.7 Å². The molecule has 0 saturated carbocycles. The molecule has 0 unspecified atom stereocenters. The van der Waals surface area contributed by atoms with Gasteiger partial charge >= 0.3 is 0 Å². The van der Waals surface area contributed by atoms with Crippen LogP contribution in [0.1, 0.15) is 5.56 Å². The highest BCUT2D eigenvalue weighted by atomic mass is 35.5. The Balaban J connectivity index is 1.89. The zero-order chi connectivity index (χ0) is 20.6. The lowest BCUT2D eigenvalue weighted by atomic mass is 10.1. The second-order valence-corrected chi connectivity index (χ2v) is 9.58. The molecule has 4 aromatic rings. The molecule has 0 atom stereocenters. The molecule has 0 aliphatic rings. The van der Waals surface area contributed by atoms with E-state index < -0.39 is 10.0 Å². The first kappa shape index (κ1) is 19.8. The number of hydrogen-bond donors (Lipinski definition) is 1. The molecule has 29 heavy (non-hydrogen) atoms. The van der Waals surface area contributed by atoms with Crippen molar-refractivity contribution in [3.05, 3.63) is 83.4 Å². The van der Waals surface area contributed by atoms with Crippen LogP contribution in [-0.2, 0) is 10.0 Å². The number of aromatic nitrogens is 1. The first-order valence-corrected chi connectivity index (χ1v) is 11.5. The van der Waals surface area contributed by atoms with Crippen molar-refractivity contribution in [2.45, 2.75) is 11.8 Å². The van der Waals surface area contributed by atoms with E-state index in [1.165, 1.54) is 17.7 Å². The maximum absolute atomic E-state index is 11.6. The highest BCUT2D eigenvalue weighted by molar-refractivity contribution is 7.89. The smallest absolute Gasteiger partial charge is 0.235 e. The summed E-state index contributed by atoms with van der Waals surface area (Å²) in [5.74, 6) is 0. The molecule has 0 fully saturated rings. The summed E-state index contributed by atoms with van der Waals surface area (Å²) in [5, 5.41) is 6.66. The Hall–Kier alpha value is -2.51. The minimum absolute atomic E-state index is 0.0692. The molecule has 2 N–H and O–H groups in total. The fraction of sp³-hybridized carbons (Fsp3) is 0.0455. The summed E-state index contributed by atoms with van der Waals surface area (Å²) in [6.45, 7) is 2.04. The second-order valence-electron chi connectivity index (χ2n) is 6.61. The average Bonchev–Trinajstić information content (AvgIpc) is 3.13. The molecule has 0 aliphatic carbocycles. The van der Waals surface area contributed by atoms with E-state index in [2.05, 4.69) is 24.3 Å². The number of hydrogen-bond acceptors (Lipinski definition) is 4. The van der Waals surface area contributed by atoms with Crippen molar-refractivity contribution in [1.29, 1.82) is 0 Å². The molecule has 4 nitrogen and oxygen atoms in total. The first-order chi connectivity index (χ1) is 13.8. The van der Waals surface area contributed by atoms with Crippen LogP contribution in [0.4, 0.5) is 0 Å². The van der Waals surface area contributed by atoms with Gasteiger partial charge in [-0.25, -0.2) is 18.5 Å². The van der Waals surface area contributed by atoms with E-state index in [0.29, 0.717) is 5.02 Å². The van der Waals surface area contributed by atoms with Gasteiger partial charge in [-0.3, -0.25) is 0 Å². The van der Waals surface area contributed by atoms with Gasteiger partial charge in [0.15, 0.2) is 0 Å². The van der Waals surface area contributed by atoms with E-state index in [1.807, 2.05) is 31.2 Å². The predicted octanol–water partition coefficient (Wildman–Crippen LogP) is 5.75. The number of nitrogens with zero attached hydrogens (tertiary/aromatic N) is 1. The molecule has 1 aromatic heterocycles. The van der Waals surface area contributed by atoms with Gasteiger partial charge in [0.25, 0.3) is 0 Å². The lowest BCUT2D eigenvalue weighted by Gasteiger charge is -2.05. The van der Waals surface area contributed by atoms with Gasteiger partial charge in [-0.05, 0) is 30.7 Å². The number of aryl methyl sites for hydroxylation is 1. The van der Waals surface area contributed by atoms with Crippen LogP contribution in [0.2, 0.25) is 5.02 Å². The zero-order valence-corrected chi connectivity index (χ0v) is 17.9. The summed E-state index contributed by atoms with van der Waals surface area (Å²) >= 11 is 7.94. The van der Waals surface area contributed by atoms with Gasteiger partial charge in [0.1, 0.15) is 5.01 Å². The number of halogens is 1. The molecular weight excluding hydrogens is 424 g/mol. The molecule has 0 bridgehead atoms. The highest BCUT2D eigenvalue weighted by Crippen LogP contribution is 2.42. The Morgan fingerprint density at radius 2 is 1.52 bits per heavy atom. The van der Waals surface area contributed by atoms with E-state index in [-0.39, 0.29) is 4.90 Å². The third-order valence-electron chi connectivity index (χ3n) is 4.50. The van der Waals surface area contributed by atoms with Crippen molar-refractivity contribution in [2.75, 3.05) is 0 Å². The lowest BCUT2D eigenvalue weighted by molar-refractivity contribution is 0.598. The Morgan fingerprint density at radius 3 is 2.14 bits per heavy atom. The summed E-state index contributed by atoms with van der Waals surface area (Å²) in [6.07, 6.45) is 0. The number of thiazole rings is 1. The summed E-state index contributed by atoms with van der Waals surface area (Å²) in [4.78, 5) is 5.91. The molecule has 0 radical (unpaired) electrons. The van der Waals surface area contributed by atoms with Crippen LogP contribution in [-0.4, -0.2) is 13.4 Å². The highest BCUT2D eigenvalue weighted by Gasteiger charge is 2.18. The van der Waals surface area contributed by atoms with Gasteiger partial charge in [-0.1, -0.05) is 71.8 Å². The second kappa shape index (κ2) is 7.72. The van der Waals surface area contributed by atoms with Crippen molar-refractivity contribution in [2.24, 2.45) is 5.14 Å². The first-order valence-electron chi connectivity index (χ1n) is 8.79. The van der Waals surface area contributed by atoms with E-state index in [0.717, 1.165) is 32.3 Å². The Kier molecular flexibility index (Phi) is 5.27. The predicted molar refractivity (Wildman–Crippen MR) is 120 cm³/mol. The largest absolute Gasteiger partial charge is 0.238 e. The summed E-state index contributed by atoms with van der Waals surface area (Å²) < 4.78 is 23.2. The number of primary sulfonamides is 1. The van der Waals surface area contributed by atoms with Crippen LogP contribution in [0.25, 0.3) is 32.3 Å². The summed E-state index contributed by atoms with van der Waals surface area (Å²) in [5.41, 5.74) is 4.65. The van der Waals surface area contributed by atoms with Gasteiger partial charge in [-0.2, -0.15) is 0 Å². The van der Waals surface area contributed by atoms with Crippen molar-refractivity contribution >= 4 is 33.0 Å². The summed E-state index contributed by atoms with van der Waals surface area (Å²) in [6, 6.07) is 22.3. The number of rotatable bonds is 4. The van der Waals surface area contributed by atoms with Gasteiger partial charge in [-0.15, -0.1) is 11.3 Å². The fourth-order valence-corrected chi connectivity index (χ4v) is 4.90. The minimum Gasteiger partial charge on any atom is -0.235 e. The van der Waals surface area contributed by atoms with Gasteiger partial charge in [0.2, 0.25) is 10.0 Å². The molecule has 4 rings (SSSR count). The fourth-order valence-electron chi connectivity index (χ4n) is 2.97. The maximum atomic E-state index is 11.6. The van der Waals surface area contributed by atoms with Crippen molar-refractivity contribution < 1.29 is 8.42 Å². The Bertz CT molecular complexity index is 1280. The SMILES string of the molecule is Cc1ccc(-c2sc(-c3ccccc3Cl)nc2-c2ccc(S(N)(=O)=O)cc2)cc1. The van der Waals surface area contributed by atoms with Gasteiger partial charge in [0, 0.05) is 11.1 Å². The van der Waals surface area contributed by atoms with Crippen molar-refractivity contribution in [1.82, 2.24) is 4.98 Å². The van der Waals surface area contributed by atoms with E-state index >= 15 is 0 Å². The number of nitrogens with two attached hydrogens (primary N) is 1. The zero-order valence-electron chi connectivity index (χ0n) is 15.5. The molecule has 0 saturated heterocycles. The number of benzene rings is 3. The van der Waals surface area contributed by atoms with Crippen LogP contribution in [0.15, 0.2) is 77.7 Å². The minimum atomic E-state index is -3.75. The van der Waals surface area contributed by atoms with Gasteiger partial charge in [0.05, 0.1) is 20.5 Å². The van der Waals surface area contributed by atoms with Crippen molar-refractivity contribution in [3.63, 3.8) is 0 Å². The molecular formula is C22H17ClN2O2S2. The lowest BCUT2D eigenvalue weighted by Crippen LogP contribution is -2.11. The van der Waals surface area contributed by atoms with E-state index in [9.17, 15) is 8.42 Å². The Labute approximate surface area is 178 Å². The van der Waals surface area contributed by atoms with Crippen molar-refractivity contribution in [3.8, 4) is 32.3 Å². The van der Waals surface area contributed by atoms with Crippen LogP contribution < -0.4 is 5.14 Å². The standard InChI is InChI=1S/C22H17ClN2O2S2/c1-14-6-8-16(9-7-14)21-20(15-10-12-17(13-11-15)29(24,26)27)25-22(28-21)18-4-2-3-5-19(18)23/h2-13H,1H3,(H2,24,26,27). The number of sulfonamides is 1. The van der Waals surface area contributed by atoms with E-state index in [1.54, 1.807) is 23.5 Å². The topological polar surface area (TPSA) is 73.0 Å². The third kappa shape index (κ3) is 4.11. The average molecular weight is 441 g/mol. The molecule has 0 spiro atoms. The van der Waals surface area contributed by atoms with Crippen LogP contribution >= 0.6 is 22.9 Å².